The number of nitrogens with zero attached hydrogens (tertiary/aromatic N) is 1. The summed E-state index contributed by atoms with van der Waals surface area (Å²) in [5.41, 5.74) is -2.05. The lowest BCUT2D eigenvalue weighted by Gasteiger charge is -2.21. The first-order chi connectivity index (χ1) is 10.3. The number of carbonyl (C=O) groups is 1. The van der Waals surface area contributed by atoms with Gasteiger partial charge in [-0.3, -0.25) is 14.9 Å². The van der Waals surface area contributed by atoms with E-state index in [0.29, 0.717) is 25.0 Å². The highest BCUT2D eigenvalue weighted by Gasteiger charge is 2.33. The van der Waals surface area contributed by atoms with Crippen LogP contribution in [0.2, 0.25) is 0 Å². The number of hydrogen-bond acceptors (Lipinski definition) is 3. The van der Waals surface area contributed by atoms with Crippen molar-refractivity contribution in [3.63, 3.8) is 0 Å². The van der Waals surface area contributed by atoms with Gasteiger partial charge in [-0.05, 0) is 18.9 Å². The van der Waals surface area contributed by atoms with E-state index >= 15 is 0 Å². The highest BCUT2D eigenvalue weighted by atomic mass is 19.4. The minimum absolute atomic E-state index is 0.197. The summed E-state index contributed by atoms with van der Waals surface area (Å²) in [5.74, 6) is -0.629. The summed E-state index contributed by atoms with van der Waals surface area (Å²) in [7, 11) is 0. The third kappa shape index (κ3) is 3.96. The number of carbonyl (C=O) groups excluding carboxylic acids is 1. The zero-order valence-electron chi connectivity index (χ0n) is 11.7. The number of rotatable bonds is 3. The summed E-state index contributed by atoms with van der Waals surface area (Å²) in [4.78, 5) is 21.9. The summed E-state index contributed by atoms with van der Waals surface area (Å²) >= 11 is 0. The molecule has 120 valence electrons. The van der Waals surface area contributed by atoms with Crippen molar-refractivity contribution in [2.45, 2.75) is 38.3 Å². The van der Waals surface area contributed by atoms with Crippen molar-refractivity contribution < 1.29 is 22.9 Å². The fraction of sp³-hybridized carbons (Fsp3) is 0.500. The van der Waals surface area contributed by atoms with E-state index < -0.39 is 22.4 Å². The van der Waals surface area contributed by atoms with Gasteiger partial charge in [0.05, 0.1) is 10.5 Å². The number of nitro benzene ring substituents is 1. The van der Waals surface area contributed by atoms with Crippen molar-refractivity contribution in [3.05, 3.63) is 33.9 Å². The Bertz CT molecular complexity index is 581. The van der Waals surface area contributed by atoms with Gasteiger partial charge in [-0.15, -0.1) is 0 Å². The van der Waals surface area contributed by atoms with E-state index in [-0.39, 0.29) is 17.5 Å². The van der Waals surface area contributed by atoms with Crippen LogP contribution in [0.4, 0.5) is 24.5 Å². The Balaban J connectivity index is 2.23. The molecule has 1 aliphatic carbocycles. The molecular weight excluding hydrogens is 301 g/mol. The first-order valence-electron chi connectivity index (χ1n) is 6.95. The van der Waals surface area contributed by atoms with E-state index in [4.69, 9.17) is 0 Å². The Morgan fingerprint density at radius 3 is 2.36 bits per heavy atom. The first-order valence-corrected chi connectivity index (χ1v) is 6.95. The molecule has 0 atom stereocenters. The molecule has 0 radical (unpaired) electrons. The summed E-state index contributed by atoms with van der Waals surface area (Å²) in [6.45, 7) is 0. The average molecular weight is 316 g/mol. The molecule has 1 N–H and O–H groups in total. The summed E-state index contributed by atoms with van der Waals surface area (Å²) in [5, 5.41) is 13.1. The zero-order valence-corrected chi connectivity index (χ0v) is 11.7. The van der Waals surface area contributed by atoms with Crippen molar-refractivity contribution in [1.82, 2.24) is 0 Å². The Hall–Kier alpha value is -2.12. The van der Waals surface area contributed by atoms with E-state index in [1.807, 2.05) is 0 Å². The second-order valence-corrected chi connectivity index (χ2v) is 5.35. The smallest absolute Gasteiger partial charge is 0.326 e. The molecule has 1 aliphatic rings. The predicted molar refractivity (Wildman–Crippen MR) is 73.3 cm³/mol. The SMILES string of the molecule is O=C(Nc1cc([N+](=O)[O-])cc(C(F)(F)F)c1)C1CCCCC1. The number of halogens is 3. The molecule has 1 aromatic carbocycles. The molecule has 0 unspecified atom stereocenters. The van der Waals surface area contributed by atoms with Crippen LogP contribution in [0.1, 0.15) is 37.7 Å². The standard InChI is InChI=1S/C14H15F3N2O3/c15-14(16,17)10-6-11(8-12(7-10)19(21)22)18-13(20)9-4-2-1-3-5-9/h6-9H,1-5H2,(H,18,20). The van der Waals surface area contributed by atoms with Crippen LogP contribution in [-0.4, -0.2) is 10.8 Å². The van der Waals surface area contributed by atoms with Crippen LogP contribution >= 0.6 is 0 Å². The van der Waals surface area contributed by atoms with Gasteiger partial charge in [-0.25, -0.2) is 0 Å². The van der Waals surface area contributed by atoms with Crippen LogP contribution in [0.5, 0.6) is 0 Å². The molecule has 1 saturated carbocycles. The number of benzene rings is 1. The molecular formula is C14H15F3N2O3. The van der Waals surface area contributed by atoms with E-state index in [0.717, 1.165) is 25.3 Å². The van der Waals surface area contributed by atoms with Crippen LogP contribution < -0.4 is 5.32 Å². The van der Waals surface area contributed by atoms with Gasteiger partial charge in [0.25, 0.3) is 5.69 Å². The van der Waals surface area contributed by atoms with Crippen LogP contribution in [0.25, 0.3) is 0 Å². The highest BCUT2D eigenvalue weighted by Crippen LogP contribution is 2.34. The molecule has 0 aliphatic heterocycles. The van der Waals surface area contributed by atoms with Gasteiger partial charge in [0, 0.05) is 23.7 Å². The van der Waals surface area contributed by atoms with E-state index in [1.165, 1.54) is 0 Å². The number of nitrogens with one attached hydrogen (secondary N) is 1. The van der Waals surface area contributed by atoms with Crippen molar-refractivity contribution in [2.75, 3.05) is 5.32 Å². The molecule has 1 fully saturated rings. The lowest BCUT2D eigenvalue weighted by atomic mass is 9.88. The normalized spacial score (nSPS) is 16.3. The molecule has 1 amide bonds. The molecule has 22 heavy (non-hydrogen) atoms. The molecule has 8 heteroatoms. The Kier molecular flexibility index (Phi) is 4.68. The Morgan fingerprint density at radius 1 is 1.18 bits per heavy atom. The Labute approximate surface area is 124 Å². The number of hydrogen-bond donors (Lipinski definition) is 1. The second kappa shape index (κ2) is 6.33. The van der Waals surface area contributed by atoms with Gasteiger partial charge in [0.2, 0.25) is 5.91 Å². The first kappa shape index (κ1) is 16.3. The van der Waals surface area contributed by atoms with Gasteiger partial charge in [0.1, 0.15) is 0 Å². The monoisotopic (exact) mass is 316 g/mol. The van der Waals surface area contributed by atoms with Crippen LogP contribution in [0.15, 0.2) is 18.2 Å². The maximum Gasteiger partial charge on any atom is 0.416 e. The molecule has 0 spiro atoms. The Morgan fingerprint density at radius 2 is 1.82 bits per heavy atom. The fourth-order valence-corrected chi connectivity index (χ4v) is 2.56. The topological polar surface area (TPSA) is 72.2 Å². The minimum atomic E-state index is -4.71. The van der Waals surface area contributed by atoms with Gasteiger partial charge in [-0.2, -0.15) is 13.2 Å². The number of alkyl halides is 3. The second-order valence-electron chi connectivity index (χ2n) is 5.35. The van der Waals surface area contributed by atoms with E-state index in [1.54, 1.807) is 0 Å². The average Bonchev–Trinajstić information content (AvgIpc) is 2.46. The number of non-ortho nitro benzene ring substituents is 1. The fourth-order valence-electron chi connectivity index (χ4n) is 2.56. The third-order valence-corrected chi connectivity index (χ3v) is 3.70. The lowest BCUT2D eigenvalue weighted by Crippen LogP contribution is -2.25. The predicted octanol–water partition coefficient (Wildman–Crippen LogP) is 4.13. The van der Waals surface area contributed by atoms with E-state index in [2.05, 4.69) is 5.32 Å². The van der Waals surface area contributed by atoms with Crippen molar-refractivity contribution >= 4 is 17.3 Å². The number of anilines is 1. The van der Waals surface area contributed by atoms with Crippen LogP contribution in [0.3, 0.4) is 0 Å². The molecule has 0 bridgehead atoms. The molecule has 0 aromatic heterocycles. The molecule has 5 nitrogen and oxygen atoms in total. The quantitative estimate of drug-likeness (QED) is 0.673. The van der Waals surface area contributed by atoms with Gasteiger partial charge in [0.15, 0.2) is 0 Å². The molecule has 0 saturated heterocycles. The van der Waals surface area contributed by atoms with Gasteiger partial charge in [-0.1, -0.05) is 19.3 Å². The maximum absolute atomic E-state index is 12.8. The van der Waals surface area contributed by atoms with Crippen molar-refractivity contribution in [2.24, 2.45) is 5.92 Å². The van der Waals surface area contributed by atoms with E-state index in [9.17, 15) is 28.1 Å². The van der Waals surface area contributed by atoms with Crippen LogP contribution in [0, 0.1) is 16.0 Å². The minimum Gasteiger partial charge on any atom is -0.326 e. The van der Waals surface area contributed by atoms with Gasteiger partial charge >= 0.3 is 6.18 Å². The molecule has 1 aromatic rings. The summed E-state index contributed by atoms with van der Waals surface area (Å²) < 4.78 is 38.3. The molecule has 0 heterocycles. The summed E-state index contributed by atoms with van der Waals surface area (Å²) in [6.07, 6.45) is -0.490. The largest absolute Gasteiger partial charge is 0.416 e. The summed E-state index contributed by atoms with van der Waals surface area (Å²) in [6, 6.07) is 2.11. The van der Waals surface area contributed by atoms with Crippen molar-refractivity contribution in [3.8, 4) is 0 Å². The maximum atomic E-state index is 12.8. The van der Waals surface area contributed by atoms with Gasteiger partial charge < -0.3 is 5.32 Å². The number of nitro groups is 1. The van der Waals surface area contributed by atoms with Crippen molar-refractivity contribution in [1.29, 1.82) is 0 Å². The van der Waals surface area contributed by atoms with Crippen LogP contribution in [-0.2, 0) is 11.0 Å². The number of amides is 1. The molecule has 2 rings (SSSR count). The highest BCUT2D eigenvalue weighted by molar-refractivity contribution is 5.93. The zero-order chi connectivity index (χ0) is 16.3. The lowest BCUT2D eigenvalue weighted by molar-refractivity contribution is -0.385. The third-order valence-electron chi connectivity index (χ3n) is 3.70.